The number of unbranched alkanes of at least 4 members (excludes halogenated alkanes) is 1. The van der Waals surface area contributed by atoms with Crippen LogP contribution in [0.3, 0.4) is 0 Å². The van der Waals surface area contributed by atoms with Crippen LogP contribution in [0.25, 0.3) is 5.65 Å². The molecule has 2 aromatic heterocycles. The summed E-state index contributed by atoms with van der Waals surface area (Å²) in [5.74, 6) is 1.68. The molecule has 2 bridgehead atoms. The van der Waals surface area contributed by atoms with Gasteiger partial charge in [-0.1, -0.05) is 37.6 Å². The first kappa shape index (κ1) is 40.6. The van der Waals surface area contributed by atoms with Gasteiger partial charge in [0, 0.05) is 49.6 Å². The Morgan fingerprint density at radius 3 is 2.09 bits per heavy atom. The molecular weight excluding hydrogens is 744 g/mol. The quantitative estimate of drug-likeness (QED) is 0.103. The Morgan fingerprint density at radius 2 is 1.53 bits per heavy atom. The SMILES string of the molecule is CCCCOc1nc(N(Cc2ccc(OC)cc2)Cc2ccc(OC)cc2)c2ncc(C(O)c3ccc(OC4C[C@H]5CC[C@@H](C4)N5C(=O)OC(C)(C)C)cc3F)n2n1. The maximum Gasteiger partial charge on any atom is 0.410 e. The van der Waals surface area contributed by atoms with E-state index in [1.807, 2.05) is 74.2 Å². The summed E-state index contributed by atoms with van der Waals surface area (Å²) in [4.78, 5) is 26.4. The lowest BCUT2D eigenvalue weighted by atomic mass is 10.00. The summed E-state index contributed by atoms with van der Waals surface area (Å²) < 4.78 is 46.3. The average molecular weight is 797 g/mol. The Labute approximate surface area is 338 Å². The van der Waals surface area contributed by atoms with Crippen LogP contribution in [0.2, 0.25) is 0 Å². The van der Waals surface area contributed by atoms with Crippen molar-refractivity contribution in [1.29, 1.82) is 0 Å². The Hall–Kier alpha value is -5.63. The number of methoxy groups -OCH3 is 2. The van der Waals surface area contributed by atoms with E-state index < -0.39 is 17.5 Å². The van der Waals surface area contributed by atoms with Gasteiger partial charge < -0.3 is 38.6 Å². The van der Waals surface area contributed by atoms with Gasteiger partial charge in [-0.2, -0.15) is 4.98 Å². The number of halogens is 1. The molecule has 1 amide bonds. The van der Waals surface area contributed by atoms with Crippen molar-refractivity contribution >= 4 is 17.6 Å². The summed E-state index contributed by atoms with van der Waals surface area (Å²) in [6, 6.07) is 20.2. The number of hydrogen-bond acceptors (Lipinski definition) is 11. The monoisotopic (exact) mass is 796 g/mol. The zero-order valence-corrected chi connectivity index (χ0v) is 34.1. The molecule has 13 nitrogen and oxygen atoms in total. The minimum Gasteiger partial charge on any atom is -0.497 e. The Kier molecular flexibility index (Phi) is 12.2. The number of fused-ring (bicyclic) bond motifs is 3. The van der Waals surface area contributed by atoms with Crippen LogP contribution in [0.15, 0.2) is 72.9 Å². The van der Waals surface area contributed by atoms with Crippen molar-refractivity contribution in [3.05, 3.63) is 101 Å². The molecule has 0 aliphatic carbocycles. The normalized spacial score (nSPS) is 18.2. The average Bonchev–Trinajstić information content (AvgIpc) is 3.75. The molecule has 5 aromatic rings. The molecule has 308 valence electrons. The highest BCUT2D eigenvalue weighted by atomic mass is 19.1. The minimum absolute atomic E-state index is 0.00533. The number of carbonyl (C=O) groups is 1. The molecule has 2 aliphatic heterocycles. The van der Waals surface area contributed by atoms with Crippen molar-refractivity contribution < 1.29 is 38.0 Å². The molecule has 3 aromatic carbocycles. The van der Waals surface area contributed by atoms with Gasteiger partial charge in [0.1, 0.15) is 40.9 Å². The second-order valence-corrected chi connectivity index (χ2v) is 16.0. The highest BCUT2D eigenvalue weighted by Gasteiger charge is 2.45. The van der Waals surface area contributed by atoms with Gasteiger partial charge in [-0.3, -0.25) is 0 Å². The summed E-state index contributed by atoms with van der Waals surface area (Å²) in [5.41, 5.74) is 2.07. The van der Waals surface area contributed by atoms with Crippen LogP contribution in [0.4, 0.5) is 15.0 Å². The summed E-state index contributed by atoms with van der Waals surface area (Å²) in [5, 5.41) is 16.4. The third-order valence-corrected chi connectivity index (χ3v) is 10.6. The number of piperidine rings is 1. The number of nitrogens with zero attached hydrogens (tertiary/aromatic N) is 6. The van der Waals surface area contributed by atoms with E-state index in [4.69, 9.17) is 33.7 Å². The predicted octanol–water partition coefficient (Wildman–Crippen LogP) is 8.06. The van der Waals surface area contributed by atoms with E-state index in [0.29, 0.717) is 49.8 Å². The lowest BCUT2D eigenvalue weighted by Crippen LogP contribution is -2.50. The minimum atomic E-state index is -1.43. The van der Waals surface area contributed by atoms with Crippen LogP contribution in [0.5, 0.6) is 23.3 Å². The lowest BCUT2D eigenvalue weighted by molar-refractivity contribution is -0.00710. The fraction of sp³-hybridized carbons (Fsp3) is 0.455. The molecule has 4 atom stereocenters. The zero-order valence-electron chi connectivity index (χ0n) is 34.1. The van der Waals surface area contributed by atoms with E-state index in [1.165, 1.54) is 22.8 Å². The van der Waals surface area contributed by atoms with Gasteiger partial charge in [0.2, 0.25) is 0 Å². The predicted molar refractivity (Wildman–Crippen MR) is 216 cm³/mol. The number of aliphatic hydroxyl groups is 1. The summed E-state index contributed by atoms with van der Waals surface area (Å²) in [6.45, 7) is 8.94. The molecule has 0 saturated carbocycles. The zero-order chi connectivity index (χ0) is 41.0. The summed E-state index contributed by atoms with van der Waals surface area (Å²) >= 11 is 0. The standard InChI is InChI=1S/C44H53FN6O7/c1-7-8-21-56-42-47-41(49(26-28-9-15-32(54-5)16-10-28)27-29-11-17-33(55-6)18-12-29)40-46-25-38(51(40)48-42)39(52)36-20-19-34(24-37(36)45)57-35-22-30-13-14-31(23-35)50(30)43(53)58-44(2,3)4/h9-12,15-20,24-25,30-31,35,39,52H,7-8,13-14,21-23,26-27H2,1-6H3/t30-,31+,35?,39?. The molecule has 2 aliphatic rings. The third-order valence-electron chi connectivity index (χ3n) is 10.6. The van der Waals surface area contributed by atoms with E-state index in [0.717, 1.165) is 48.3 Å². The highest BCUT2D eigenvalue weighted by molar-refractivity contribution is 5.70. The lowest BCUT2D eigenvalue weighted by Gasteiger charge is -2.39. The van der Waals surface area contributed by atoms with Crippen molar-refractivity contribution in [3.8, 4) is 23.3 Å². The molecule has 58 heavy (non-hydrogen) atoms. The fourth-order valence-corrected chi connectivity index (χ4v) is 7.73. The van der Waals surface area contributed by atoms with Crippen LogP contribution in [-0.2, 0) is 17.8 Å². The Bertz CT molecular complexity index is 2110. The first-order chi connectivity index (χ1) is 27.9. The summed E-state index contributed by atoms with van der Waals surface area (Å²) in [6.07, 6.45) is 4.28. The number of carbonyl (C=O) groups excluding carboxylic acids is 1. The maximum absolute atomic E-state index is 16.0. The van der Waals surface area contributed by atoms with Gasteiger partial charge in [0.15, 0.2) is 11.5 Å². The molecular formula is C44H53FN6O7. The molecule has 2 fully saturated rings. The van der Waals surface area contributed by atoms with Crippen molar-refractivity contribution in [1.82, 2.24) is 24.5 Å². The molecule has 14 heteroatoms. The number of ether oxygens (including phenoxy) is 5. The number of imidazole rings is 1. The van der Waals surface area contributed by atoms with Crippen LogP contribution < -0.4 is 23.8 Å². The van der Waals surface area contributed by atoms with E-state index in [-0.39, 0.29) is 41.5 Å². The number of aliphatic hydroxyl groups excluding tert-OH is 1. The molecule has 2 saturated heterocycles. The third kappa shape index (κ3) is 9.22. The topological polar surface area (TPSA) is 133 Å². The molecule has 0 spiro atoms. The van der Waals surface area contributed by atoms with Crippen molar-refractivity contribution in [2.24, 2.45) is 0 Å². The van der Waals surface area contributed by atoms with Gasteiger partial charge in [-0.25, -0.2) is 18.7 Å². The number of hydrogen-bond donors (Lipinski definition) is 1. The maximum atomic E-state index is 16.0. The van der Waals surface area contributed by atoms with Gasteiger partial charge in [0.05, 0.1) is 32.7 Å². The van der Waals surface area contributed by atoms with Crippen LogP contribution in [0.1, 0.15) is 94.7 Å². The van der Waals surface area contributed by atoms with Crippen molar-refractivity contribution in [2.45, 2.75) is 109 Å². The van der Waals surface area contributed by atoms with Crippen molar-refractivity contribution in [2.75, 3.05) is 25.7 Å². The van der Waals surface area contributed by atoms with Crippen LogP contribution >= 0.6 is 0 Å². The number of aromatic nitrogens is 4. The smallest absolute Gasteiger partial charge is 0.410 e. The van der Waals surface area contributed by atoms with Gasteiger partial charge in [-0.15, -0.1) is 5.10 Å². The van der Waals surface area contributed by atoms with Crippen LogP contribution in [-0.4, -0.2) is 80.3 Å². The molecule has 4 heterocycles. The van der Waals surface area contributed by atoms with Gasteiger partial charge in [0.25, 0.3) is 0 Å². The largest absolute Gasteiger partial charge is 0.497 e. The number of anilines is 1. The first-order valence-corrected chi connectivity index (χ1v) is 20.0. The van der Waals surface area contributed by atoms with Gasteiger partial charge in [-0.05, 0) is 87.6 Å². The molecule has 0 radical (unpaired) electrons. The molecule has 2 unspecified atom stereocenters. The summed E-state index contributed by atoms with van der Waals surface area (Å²) in [7, 11) is 3.26. The number of amides is 1. The van der Waals surface area contributed by atoms with E-state index in [1.54, 1.807) is 20.3 Å². The Balaban J connectivity index is 1.16. The van der Waals surface area contributed by atoms with E-state index in [2.05, 4.69) is 16.9 Å². The second-order valence-electron chi connectivity index (χ2n) is 16.0. The number of benzene rings is 3. The molecule has 7 rings (SSSR count). The molecule has 1 N–H and O–H groups in total. The van der Waals surface area contributed by atoms with Gasteiger partial charge >= 0.3 is 12.1 Å². The first-order valence-electron chi connectivity index (χ1n) is 20.0. The highest BCUT2D eigenvalue weighted by Crippen LogP contribution is 2.39. The number of rotatable bonds is 15. The Morgan fingerprint density at radius 1 is 0.931 bits per heavy atom. The fourth-order valence-electron chi connectivity index (χ4n) is 7.73. The van der Waals surface area contributed by atoms with Crippen molar-refractivity contribution in [3.63, 3.8) is 0 Å². The van der Waals surface area contributed by atoms with E-state index >= 15 is 4.39 Å². The second kappa shape index (κ2) is 17.5. The van der Waals surface area contributed by atoms with Crippen LogP contribution in [0, 0.1) is 5.82 Å². The van der Waals surface area contributed by atoms with E-state index in [9.17, 15) is 9.90 Å².